The number of halogens is 1. The van der Waals surface area contributed by atoms with Gasteiger partial charge in [-0.1, -0.05) is 18.6 Å². The number of imidazole rings is 2. The molecular weight excluding hydrogens is 319 g/mol. The van der Waals surface area contributed by atoms with Crippen molar-refractivity contribution in [1.82, 2.24) is 18.9 Å². The third-order valence-electron chi connectivity index (χ3n) is 5.24. The van der Waals surface area contributed by atoms with Gasteiger partial charge in [-0.2, -0.15) is 0 Å². The Hall–Kier alpha value is -2.89. The summed E-state index contributed by atoms with van der Waals surface area (Å²) in [4.78, 5) is 19.1. The van der Waals surface area contributed by atoms with Crippen LogP contribution in [0.4, 0.5) is 4.39 Å². The molecule has 25 heavy (non-hydrogen) atoms. The van der Waals surface area contributed by atoms with Gasteiger partial charge < -0.3 is 9.55 Å². The summed E-state index contributed by atoms with van der Waals surface area (Å²) in [5.41, 5.74) is 2.02. The van der Waals surface area contributed by atoms with Gasteiger partial charge >= 0.3 is 0 Å². The lowest BCUT2D eigenvalue weighted by Gasteiger charge is -2.26. The fourth-order valence-electron chi connectivity index (χ4n) is 3.75. The van der Waals surface area contributed by atoms with Crippen molar-refractivity contribution in [2.24, 2.45) is 0 Å². The number of pyridine rings is 1. The zero-order chi connectivity index (χ0) is 17.0. The van der Waals surface area contributed by atoms with Crippen molar-refractivity contribution in [1.29, 1.82) is 0 Å². The molecule has 5 nitrogen and oxygen atoms in total. The number of benzene rings is 1. The van der Waals surface area contributed by atoms with Gasteiger partial charge in [0.1, 0.15) is 5.82 Å². The Morgan fingerprint density at radius 3 is 3.00 bits per heavy atom. The number of rotatable bonds is 3. The lowest BCUT2D eigenvalue weighted by atomic mass is 9.83. The highest BCUT2D eigenvalue weighted by Crippen LogP contribution is 2.37. The van der Waals surface area contributed by atoms with Crippen molar-refractivity contribution >= 4 is 16.7 Å². The number of H-pyrrole nitrogens is 1. The van der Waals surface area contributed by atoms with Gasteiger partial charge in [0, 0.05) is 41.7 Å². The van der Waals surface area contributed by atoms with Gasteiger partial charge in [0.05, 0.1) is 12.1 Å². The van der Waals surface area contributed by atoms with Crippen LogP contribution in [-0.4, -0.2) is 18.9 Å². The van der Waals surface area contributed by atoms with Crippen molar-refractivity contribution in [2.45, 2.75) is 31.7 Å². The van der Waals surface area contributed by atoms with Gasteiger partial charge in [-0.05, 0) is 24.5 Å². The Morgan fingerprint density at radius 1 is 1.32 bits per heavy atom. The first kappa shape index (κ1) is 14.5. The molecule has 0 amide bonds. The van der Waals surface area contributed by atoms with Crippen molar-refractivity contribution in [3.63, 3.8) is 0 Å². The van der Waals surface area contributed by atoms with E-state index in [1.807, 2.05) is 16.7 Å². The third kappa shape index (κ3) is 2.21. The molecule has 3 heterocycles. The third-order valence-corrected chi connectivity index (χ3v) is 5.24. The van der Waals surface area contributed by atoms with Crippen LogP contribution in [0.2, 0.25) is 0 Å². The Balaban J connectivity index is 1.70. The highest BCUT2D eigenvalue weighted by Gasteiger charge is 2.25. The second kappa shape index (κ2) is 5.31. The number of fused-ring (bicyclic) bond motifs is 2. The minimum atomic E-state index is -0.408. The van der Waals surface area contributed by atoms with E-state index in [0.29, 0.717) is 12.5 Å². The number of hydrogen-bond donors (Lipinski definition) is 1. The maximum absolute atomic E-state index is 14.1. The molecule has 0 saturated heterocycles. The normalized spacial score (nSPS) is 15.1. The number of para-hydroxylation sites is 1. The van der Waals surface area contributed by atoms with Gasteiger partial charge in [-0.15, -0.1) is 0 Å². The van der Waals surface area contributed by atoms with E-state index in [0.717, 1.165) is 16.7 Å². The van der Waals surface area contributed by atoms with Crippen LogP contribution in [0.3, 0.4) is 0 Å². The van der Waals surface area contributed by atoms with Gasteiger partial charge in [0.25, 0.3) is 0 Å². The Morgan fingerprint density at radius 2 is 2.20 bits per heavy atom. The summed E-state index contributed by atoms with van der Waals surface area (Å²) in [5, 5.41) is 0.734. The number of nitrogens with one attached hydrogen (secondary N) is 1. The SMILES string of the molecule is O=c1cc(Cn2c(C3CCC3)cn3ccnc23)c2cccc(F)c2[nH]1. The van der Waals surface area contributed by atoms with E-state index in [2.05, 4.69) is 20.7 Å². The van der Waals surface area contributed by atoms with Crippen LogP contribution in [-0.2, 0) is 6.54 Å². The predicted octanol–water partition coefficient (Wildman–Crippen LogP) is 3.43. The second-order valence-corrected chi connectivity index (χ2v) is 6.72. The Bertz CT molecular complexity index is 1150. The first-order valence-electron chi connectivity index (χ1n) is 8.53. The summed E-state index contributed by atoms with van der Waals surface area (Å²) in [5.74, 6) is 0.979. The van der Waals surface area contributed by atoms with E-state index >= 15 is 0 Å². The highest BCUT2D eigenvalue weighted by molar-refractivity contribution is 5.82. The van der Waals surface area contributed by atoms with E-state index in [1.165, 1.54) is 31.0 Å². The molecule has 0 unspecified atom stereocenters. The molecular formula is C19H17FN4O. The second-order valence-electron chi connectivity index (χ2n) is 6.72. The summed E-state index contributed by atoms with van der Waals surface area (Å²) in [6.07, 6.45) is 9.44. The molecule has 1 N–H and O–H groups in total. The fourth-order valence-corrected chi connectivity index (χ4v) is 3.75. The van der Waals surface area contributed by atoms with E-state index in [-0.39, 0.29) is 11.1 Å². The van der Waals surface area contributed by atoms with E-state index in [4.69, 9.17) is 0 Å². The smallest absolute Gasteiger partial charge is 0.248 e. The molecule has 0 radical (unpaired) electrons. The standard InChI is InChI=1S/C19H17FN4O/c20-15-6-2-5-14-13(9-17(25)22-18(14)15)10-24-16(12-3-1-4-12)11-23-8-7-21-19(23)24/h2,5-9,11-12H,1,3-4,10H2,(H,22,25). The molecule has 1 fully saturated rings. The van der Waals surface area contributed by atoms with Crippen molar-refractivity contribution < 1.29 is 4.39 Å². The Kier molecular flexibility index (Phi) is 3.07. The number of aromatic amines is 1. The maximum Gasteiger partial charge on any atom is 0.248 e. The maximum atomic E-state index is 14.1. The first-order chi connectivity index (χ1) is 12.2. The van der Waals surface area contributed by atoms with Crippen LogP contribution in [0.5, 0.6) is 0 Å². The molecule has 4 aromatic rings. The molecule has 1 aromatic carbocycles. The molecule has 5 rings (SSSR count). The molecule has 1 aliphatic carbocycles. The quantitative estimate of drug-likeness (QED) is 0.623. The summed E-state index contributed by atoms with van der Waals surface area (Å²) in [7, 11) is 0. The van der Waals surface area contributed by atoms with Crippen molar-refractivity contribution in [3.05, 3.63) is 70.3 Å². The van der Waals surface area contributed by atoms with Crippen LogP contribution in [0.25, 0.3) is 16.7 Å². The lowest BCUT2D eigenvalue weighted by Crippen LogP contribution is -2.16. The van der Waals surface area contributed by atoms with Crippen molar-refractivity contribution in [2.75, 3.05) is 0 Å². The van der Waals surface area contributed by atoms with Crippen LogP contribution in [0, 0.1) is 5.82 Å². The van der Waals surface area contributed by atoms with Gasteiger partial charge in [-0.25, -0.2) is 9.37 Å². The molecule has 126 valence electrons. The summed E-state index contributed by atoms with van der Waals surface area (Å²) >= 11 is 0. The molecule has 0 bridgehead atoms. The van der Waals surface area contributed by atoms with Gasteiger partial charge in [0.15, 0.2) is 0 Å². The van der Waals surface area contributed by atoms with Crippen LogP contribution >= 0.6 is 0 Å². The minimum Gasteiger partial charge on any atom is -0.319 e. The number of hydrogen-bond acceptors (Lipinski definition) is 2. The predicted molar refractivity (Wildman–Crippen MR) is 93.4 cm³/mol. The molecule has 0 atom stereocenters. The largest absolute Gasteiger partial charge is 0.319 e. The van der Waals surface area contributed by atoms with Gasteiger partial charge in [0.2, 0.25) is 11.3 Å². The average Bonchev–Trinajstić information content (AvgIpc) is 3.10. The zero-order valence-corrected chi connectivity index (χ0v) is 13.6. The summed E-state index contributed by atoms with van der Waals surface area (Å²) < 4.78 is 18.3. The van der Waals surface area contributed by atoms with Crippen LogP contribution < -0.4 is 5.56 Å². The molecule has 1 saturated carbocycles. The molecule has 0 aliphatic heterocycles. The molecule has 0 spiro atoms. The van der Waals surface area contributed by atoms with E-state index in [9.17, 15) is 9.18 Å². The lowest BCUT2D eigenvalue weighted by molar-refractivity contribution is 0.400. The van der Waals surface area contributed by atoms with Crippen molar-refractivity contribution in [3.8, 4) is 0 Å². The highest BCUT2D eigenvalue weighted by atomic mass is 19.1. The van der Waals surface area contributed by atoms with Crippen LogP contribution in [0.15, 0.2) is 47.7 Å². The molecule has 1 aliphatic rings. The summed E-state index contributed by atoms with van der Waals surface area (Å²) in [6.45, 7) is 0.503. The average molecular weight is 336 g/mol. The minimum absolute atomic E-state index is 0.265. The zero-order valence-electron chi connectivity index (χ0n) is 13.6. The van der Waals surface area contributed by atoms with Crippen LogP contribution in [0.1, 0.15) is 36.4 Å². The van der Waals surface area contributed by atoms with E-state index < -0.39 is 5.82 Å². The monoisotopic (exact) mass is 336 g/mol. The Labute approximate surface area is 142 Å². The number of aromatic nitrogens is 4. The molecule has 3 aromatic heterocycles. The topological polar surface area (TPSA) is 55.1 Å². The first-order valence-corrected chi connectivity index (χ1v) is 8.53. The summed E-state index contributed by atoms with van der Waals surface area (Å²) in [6, 6.07) is 6.45. The molecule has 6 heteroatoms. The van der Waals surface area contributed by atoms with Gasteiger partial charge in [-0.3, -0.25) is 9.20 Å². The van der Waals surface area contributed by atoms with E-state index in [1.54, 1.807) is 18.3 Å². The number of nitrogens with zero attached hydrogens (tertiary/aromatic N) is 3. The fraction of sp³-hybridized carbons (Fsp3) is 0.263.